The third kappa shape index (κ3) is 6.48. The minimum atomic E-state index is -3.21. The Bertz CT molecular complexity index is 559. The standard InChI is InChI=1S/C16H27NO3S/c1-12(2)15(11-17-16(3,4)5)20-13-8-7-9-14(10-13)21(6,18)19/h7-10,12,15,17H,11H2,1-6H3. The van der Waals surface area contributed by atoms with Gasteiger partial charge < -0.3 is 10.1 Å². The van der Waals surface area contributed by atoms with Crippen molar-refractivity contribution in [3.63, 3.8) is 0 Å². The Balaban J connectivity index is 2.85. The second-order valence-electron chi connectivity index (χ2n) is 6.78. The molecule has 0 saturated heterocycles. The van der Waals surface area contributed by atoms with Crippen molar-refractivity contribution in [2.45, 2.75) is 51.2 Å². The second kappa shape index (κ2) is 6.79. The van der Waals surface area contributed by atoms with E-state index in [1.54, 1.807) is 24.3 Å². The van der Waals surface area contributed by atoms with Crippen molar-refractivity contribution in [3.05, 3.63) is 24.3 Å². The van der Waals surface area contributed by atoms with Crippen LogP contribution in [0.5, 0.6) is 5.75 Å². The summed E-state index contributed by atoms with van der Waals surface area (Å²) < 4.78 is 29.2. The van der Waals surface area contributed by atoms with E-state index in [2.05, 4.69) is 39.9 Å². The first-order valence-corrected chi connectivity index (χ1v) is 9.10. The van der Waals surface area contributed by atoms with E-state index < -0.39 is 9.84 Å². The van der Waals surface area contributed by atoms with Gasteiger partial charge in [0.25, 0.3) is 0 Å². The maximum Gasteiger partial charge on any atom is 0.175 e. The SMILES string of the molecule is CC(C)C(CNC(C)(C)C)Oc1cccc(S(C)(=O)=O)c1. The lowest BCUT2D eigenvalue weighted by Gasteiger charge is -2.28. The van der Waals surface area contributed by atoms with Crippen molar-refractivity contribution >= 4 is 9.84 Å². The van der Waals surface area contributed by atoms with Crippen LogP contribution in [0.15, 0.2) is 29.2 Å². The van der Waals surface area contributed by atoms with Crippen molar-refractivity contribution in [1.29, 1.82) is 0 Å². The van der Waals surface area contributed by atoms with Gasteiger partial charge in [-0.1, -0.05) is 19.9 Å². The number of sulfone groups is 1. The smallest absolute Gasteiger partial charge is 0.175 e. The minimum Gasteiger partial charge on any atom is -0.489 e. The van der Waals surface area contributed by atoms with E-state index in [0.717, 1.165) is 0 Å². The molecule has 0 amide bonds. The lowest BCUT2D eigenvalue weighted by Crippen LogP contribution is -2.44. The zero-order chi connectivity index (χ0) is 16.3. The van der Waals surface area contributed by atoms with Crippen LogP contribution in [0.25, 0.3) is 0 Å². The predicted octanol–water partition coefficient (Wildman–Crippen LogP) is 2.88. The van der Waals surface area contributed by atoms with Crippen molar-refractivity contribution in [2.75, 3.05) is 12.8 Å². The second-order valence-corrected chi connectivity index (χ2v) is 8.79. The fraction of sp³-hybridized carbons (Fsp3) is 0.625. The first-order chi connectivity index (χ1) is 9.49. The molecular weight excluding hydrogens is 286 g/mol. The summed E-state index contributed by atoms with van der Waals surface area (Å²) in [7, 11) is -3.21. The molecule has 0 spiro atoms. The van der Waals surface area contributed by atoms with E-state index in [-0.39, 0.29) is 16.5 Å². The van der Waals surface area contributed by atoms with Gasteiger partial charge in [-0.2, -0.15) is 0 Å². The van der Waals surface area contributed by atoms with E-state index in [9.17, 15) is 8.42 Å². The zero-order valence-electron chi connectivity index (χ0n) is 13.8. The number of hydrogen-bond donors (Lipinski definition) is 1. The number of nitrogens with one attached hydrogen (secondary N) is 1. The summed E-state index contributed by atoms with van der Waals surface area (Å²) in [5, 5.41) is 3.43. The average Bonchev–Trinajstić information content (AvgIpc) is 2.32. The number of rotatable bonds is 6. The summed E-state index contributed by atoms with van der Waals surface area (Å²) in [5.74, 6) is 0.911. The van der Waals surface area contributed by atoms with E-state index in [1.807, 2.05) is 0 Å². The Morgan fingerprint density at radius 3 is 2.33 bits per heavy atom. The van der Waals surface area contributed by atoms with Gasteiger partial charge in [0.1, 0.15) is 11.9 Å². The van der Waals surface area contributed by atoms with Crippen LogP contribution in [0.1, 0.15) is 34.6 Å². The van der Waals surface area contributed by atoms with Gasteiger partial charge in [-0.25, -0.2) is 8.42 Å². The Morgan fingerprint density at radius 2 is 1.86 bits per heavy atom. The summed E-state index contributed by atoms with van der Waals surface area (Å²) in [4.78, 5) is 0.284. The van der Waals surface area contributed by atoms with Crippen LogP contribution in [0, 0.1) is 5.92 Å². The Kier molecular flexibility index (Phi) is 5.82. The van der Waals surface area contributed by atoms with Crippen LogP contribution < -0.4 is 10.1 Å². The Labute approximate surface area is 128 Å². The average molecular weight is 313 g/mol. The summed E-state index contributed by atoms with van der Waals surface area (Å²) in [6.45, 7) is 11.2. The molecule has 120 valence electrons. The molecule has 1 rings (SSSR count). The molecule has 1 aromatic carbocycles. The van der Waals surface area contributed by atoms with Crippen LogP contribution in [-0.2, 0) is 9.84 Å². The molecule has 0 aliphatic rings. The molecule has 0 aliphatic heterocycles. The molecule has 0 bridgehead atoms. The van der Waals surface area contributed by atoms with Gasteiger partial charge in [0.15, 0.2) is 9.84 Å². The molecule has 4 nitrogen and oxygen atoms in total. The molecule has 0 aliphatic carbocycles. The molecule has 1 unspecified atom stereocenters. The largest absolute Gasteiger partial charge is 0.489 e. The van der Waals surface area contributed by atoms with Gasteiger partial charge in [0, 0.05) is 18.3 Å². The Morgan fingerprint density at radius 1 is 1.24 bits per heavy atom. The van der Waals surface area contributed by atoms with Gasteiger partial charge in [0.2, 0.25) is 0 Å². The number of hydrogen-bond acceptors (Lipinski definition) is 4. The van der Waals surface area contributed by atoms with E-state index in [1.165, 1.54) is 6.26 Å². The third-order valence-electron chi connectivity index (χ3n) is 3.10. The van der Waals surface area contributed by atoms with E-state index in [0.29, 0.717) is 18.2 Å². The Hall–Kier alpha value is -1.07. The van der Waals surface area contributed by atoms with Gasteiger partial charge in [-0.05, 0) is 44.9 Å². The molecule has 0 fully saturated rings. The first kappa shape index (κ1) is 18.0. The van der Waals surface area contributed by atoms with Gasteiger partial charge in [-0.3, -0.25) is 0 Å². The van der Waals surface area contributed by atoms with Gasteiger partial charge in [0.05, 0.1) is 4.90 Å². The molecule has 21 heavy (non-hydrogen) atoms. The van der Waals surface area contributed by atoms with Crippen molar-refractivity contribution < 1.29 is 13.2 Å². The normalized spacial score (nSPS) is 14.2. The maximum atomic E-state index is 11.6. The molecule has 0 heterocycles. The minimum absolute atomic E-state index is 0.0148. The van der Waals surface area contributed by atoms with Crippen LogP contribution in [-0.4, -0.2) is 32.9 Å². The van der Waals surface area contributed by atoms with E-state index in [4.69, 9.17) is 4.74 Å². The van der Waals surface area contributed by atoms with Crippen molar-refractivity contribution in [3.8, 4) is 5.75 Å². The van der Waals surface area contributed by atoms with Crippen molar-refractivity contribution in [1.82, 2.24) is 5.32 Å². The van der Waals surface area contributed by atoms with Crippen LogP contribution in [0.4, 0.5) is 0 Å². The molecule has 1 N–H and O–H groups in total. The highest BCUT2D eigenvalue weighted by Gasteiger charge is 2.19. The van der Waals surface area contributed by atoms with E-state index >= 15 is 0 Å². The fourth-order valence-electron chi connectivity index (χ4n) is 1.77. The molecule has 5 heteroatoms. The highest BCUT2D eigenvalue weighted by Crippen LogP contribution is 2.20. The van der Waals surface area contributed by atoms with Crippen LogP contribution in [0.3, 0.4) is 0 Å². The summed E-state index contributed by atoms with van der Waals surface area (Å²) in [6.07, 6.45) is 1.19. The quantitative estimate of drug-likeness (QED) is 0.877. The van der Waals surface area contributed by atoms with Crippen LogP contribution >= 0.6 is 0 Å². The van der Waals surface area contributed by atoms with Crippen molar-refractivity contribution in [2.24, 2.45) is 5.92 Å². The van der Waals surface area contributed by atoms with Gasteiger partial charge >= 0.3 is 0 Å². The third-order valence-corrected chi connectivity index (χ3v) is 4.21. The molecule has 1 aromatic rings. The lowest BCUT2D eigenvalue weighted by molar-refractivity contribution is 0.139. The molecular formula is C16H27NO3S. The van der Waals surface area contributed by atoms with Gasteiger partial charge in [-0.15, -0.1) is 0 Å². The maximum absolute atomic E-state index is 11.6. The molecule has 0 radical (unpaired) electrons. The molecule has 1 atom stereocenters. The van der Waals surface area contributed by atoms with Crippen LogP contribution in [0.2, 0.25) is 0 Å². The fourth-order valence-corrected chi connectivity index (χ4v) is 2.43. The summed E-state index contributed by atoms with van der Waals surface area (Å²) >= 11 is 0. The summed E-state index contributed by atoms with van der Waals surface area (Å²) in [6, 6.07) is 6.67. The molecule has 0 saturated carbocycles. The lowest BCUT2D eigenvalue weighted by atomic mass is 10.0. The first-order valence-electron chi connectivity index (χ1n) is 7.21. The highest BCUT2D eigenvalue weighted by molar-refractivity contribution is 7.90. The topological polar surface area (TPSA) is 55.4 Å². The zero-order valence-corrected chi connectivity index (χ0v) is 14.6. The predicted molar refractivity (Wildman–Crippen MR) is 86.6 cm³/mol. The monoisotopic (exact) mass is 313 g/mol. The summed E-state index contributed by atoms with van der Waals surface area (Å²) in [5.41, 5.74) is 0.0190. The number of benzene rings is 1. The number of ether oxygens (including phenoxy) is 1. The molecule has 0 aromatic heterocycles. The highest BCUT2D eigenvalue weighted by atomic mass is 32.2.